The number of aryl methyl sites for hydroxylation is 1. The number of amides is 1. The Morgan fingerprint density at radius 3 is 3.12 bits per heavy atom. The van der Waals surface area contributed by atoms with Gasteiger partial charge in [-0.05, 0) is 22.4 Å². The van der Waals surface area contributed by atoms with Crippen LogP contribution in [-0.4, -0.2) is 35.5 Å². The van der Waals surface area contributed by atoms with E-state index >= 15 is 0 Å². The maximum Gasteiger partial charge on any atom is 0.239 e. The van der Waals surface area contributed by atoms with Crippen LogP contribution in [0.25, 0.3) is 0 Å². The van der Waals surface area contributed by atoms with Gasteiger partial charge >= 0.3 is 0 Å². The van der Waals surface area contributed by atoms with Crippen LogP contribution in [0.15, 0.2) is 10.7 Å². The van der Waals surface area contributed by atoms with Gasteiger partial charge in [0.05, 0.1) is 6.54 Å². The predicted octanol–water partition coefficient (Wildman–Crippen LogP) is 1.13. The number of halogens is 1. The van der Waals surface area contributed by atoms with E-state index < -0.39 is 0 Å². The van der Waals surface area contributed by atoms with E-state index in [0.29, 0.717) is 6.54 Å². The fraction of sp³-hybridized carbons (Fsp3) is 0.545. The number of carbonyl (C=O) groups excluding carboxylic acids is 1. The van der Waals surface area contributed by atoms with E-state index in [-0.39, 0.29) is 5.91 Å². The molecule has 0 aromatic carbocycles. The van der Waals surface area contributed by atoms with Gasteiger partial charge in [0.25, 0.3) is 0 Å². The minimum absolute atomic E-state index is 0.0512. The molecule has 1 saturated heterocycles. The molecule has 1 N–H and O–H groups in total. The zero-order valence-corrected chi connectivity index (χ0v) is 11.3. The summed E-state index contributed by atoms with van der Waals surface area (Å²) in [6.45, 7) is 3.96. The third-order valence-electron chi connectivity index (χ3n) is 2.63. The lowest BCUT2D eigenvalue weighted by Gasteiger charge is -2.20. The Kier molecular flexibility index (Phi) is 3.93. The maximum atomic E-state index is 11.5. The molecule has 5 nitrogen and oxygen atoms in total. The fourth-order valence-corrected chi connectivity index (χ4v) is 2.18. The Labute approximate surface area is 109 Å². The quantitative estimate of drug-likeness (QED) is 0.832. The summed E-state index contributed by atoms with van der Waals surface area (Å²) in [5.41, 5.74) is 0. The third-order valence-corrected chi connectivity index (χ3v) is 3.04. The van der Waals surface area contributed by atoms with Crippen molar-refractivity contribution in [3.8, 4) is 0 Å². The SMILES string of the molecule is CCc1nc(Br)cc(N2CCCNC(=O)C2)n1. The van der Waals surface area contributed by atoms with Gasteiger partial charge in [-0.15, -0.1) is 0 Å². The molecule has 1 fully saturated rings. The zero-order chi connectivity index (χ0) is 12.3. The van der Waals surface area contributed by atoms with E-state index in [1.54, 1.807) is 0 Å². The Hall–Kier alpha value is -1.17. The highest BCUT2D eigenvalue weighted by molar-refractivity contribution is 9.10. The van der Waals surface area contributed by atoms with Crippen LogP contribution >= 0.6 is 15.9 Å². The smallest absolute Gasteiger partial charge is 0.239 e. The molecule has 2 rings (SSSR count). The van der Waals surface area contributed by atoms with Crippen molar-refractivity contribution in [3.63, 3.8) is 0 Å². The molecule has 0 atom stereocenters. The van der Waals surface area contributed by atoms with Gasteiger partial charge < -0.3 is 10.2 Å². The first kappa shape index (κ1) is 12.3. The summed E-state index contributed by atoms with van der Waals surface area (Å²) in [6.07, 6.45) is 1.72. The van der Waals surface area contributed by atoms with Crippen molar-refractivity contribution in [2.45, 2.75) is 19.8 Å². The van der Waals surface area contributed by atoms with Crippen LogP contribution in [0.5, 0.6) is 0 Å². The molecule has 6 heteroatoms. The monoisotopic (exact) mass is 298 g/mol. The van der Waals surface area contributed by atoms with Crippen LogP contribution in [0, 0.1) is 0 Å². The zero-order valence-electron chi connectivity index (χ0n) is 9.74. The number of hydrogen-bond donors (Lipinski definition) is 1. The molecule has 1 aliphatic rings. The molecular formula is C11H15BrN4O. The number of rotatable bonds is 2. The molecule has 2 heterocycles. The lowest BCUT2D eigenvalue weighted by atomic mass is 10.3. The lowest BCUT2D eigenvalue weighted by molar-refractivity contribution is -0.119. The number of hydrogen-bond acceptors (Lipinski definition) is 4. The maximum absolute atomic E-state index is 11.5. The number of carbonyl (C=O) groups is 1. The molecule has 0 aliphatic carbocycles. The van der Waals surface area contributed by atoms with Crippen LogP contribution in [0.2, 0.25) is 0 Å². The highest BCUT2D eigenvalue weighted by Crippen LogP contribution is 2.17. The molecule has 1 aliphatic heterocycles. The van der Waals surface area contributed by atoms with Crippen LogP contribution < -0.4 is 10.2 Å². The van der Waals surface area contributed by atoms with Crippen molar-refractivity contribution in [1.29, 1.82) is 0 Å². The molecule has 0 radical (unpaired) electrons. The second-order valence-corrected chi connectivity index (χ2v) is 4.76. The number of nitrogens with zero attached hydrogens (tertiary/aromatic N) is 3. The molecule has 92 valence electrons. The van der Waals surface area contributed by atoms with Gasteiger partial charge in [-0.25, -0.2) is 9.97 Å². The first-order valence-electron chi connectivity index (χ1n) is 5.74. The Morgan fingerprint density at radius 1 is 1.53 bits per heavy atom. The summed E-state index contributed by atoms with van der Waals surface area (Å²) >= 11 is 3.38. The number of nitrogens with one attached hydrogen (secondary N) is 1. The van der Waals surface area contributed by atoms with Gasteiger partial charge in [0.2, 0.25) is 5.91 Å². The van der Waals surface area contributed by atoms with E-state index in [1.807, 2.05) is 17.9 Å². The van der Waals surface area contributed by atoms with Crippen LogP contribution in [-0.2, 0) is 11.2 Å². The molecular weight excluding hydrogens is 284 g/mol. The van der Waals surface area contributed by atoms with Gasteiger partial charge in [0.1, 0.15) is 16.2 Å². The van der Waals surface area contributed by atoms with Gasteiger partial charge in [0, 0.05) is 25.6 Å². The van der Waals surface area contributed by atoms with Crippen LogP contribution in [0.3, 0.4) is 0 Å². The van der Waals surface area contributed by atoms with Crippen LogP contribution in [0.1, 0.15) is 19.2 Å². The van der Waals surface area contributed by atoms with Crippen molar-refractivity contribution >= 4 is 27.7 Å². The molecule has 0 saturated carbocycles. The highest BCUT2D eigenvalue weighted by Gasteiger charge is 2.17. The van der Waals surface area contributed by atoms with Gasteiger partial charge in [0.15, 0.2) is 0 Å². The second-order valence-electron chi connectivity index (χ2n) is 3.94. The van der Waals surface area contributed by atoms with Crippen molar-refractivity contribution in [2.75, 3.05) is 24.5 Å². The Balaban J connectivity index is 2.25. The van der Waals surface area contributed by atoms with E-state index in [1.165, 1.54) is 0 Å². The van der Waals surface area contributed by atoms with Crippen molar-refractivity contribution in [3.05, 3.63) is 16.5 Å². The number of aromatic nitrogens is 2. The third kappa shape index (κ3) is 3.15. The summed E-state index contributed by atoms with van der Waals surface area (Å²) in [5.74, 6) is 1.66. The number of anilines is 1. The van der Waals surface area contributed by atoms with E-state index in [9.17, 15) is 4.79 Å². The molecule has 0 unspecified atom stereocenters. The fourth-order valence-electron chi connectivity index (χ4n) is 1.77. The van der Waals surface area contributed by atoms with E-state index in [0.717, 1.165) is 42.2 Å². The van der Waals surface area contributed by atoms with Crippen molar-refractivity contribution < 1.29 is 4.79 Å². The molecule has 1 aromatic rings. The van der Waals surface area contributed by atoms with Crippen molar-refractivity contribution in [1.82, 2.24) is 15.3 Å². The van der Waals surface area contributed by atoms with Crippen LogP contribution in [0.4, 0.5) is 5.82 Å². The van der Waals surface area contributed by atoms with Gasteiger partial charge in [-0.1, -0.05) is 6.92 Å². The summed E-state index contributed by atoms with van der Waals surface area (Å²) in [4.78, 5) is 22.2. The average molecular weight is 299 g/mol. The normalized spacial score (nSPS) is 16.6. The average Bonchev–Trinajstić information content (AvgIpc) is 2.53. The van der Waals surface area contributed by atoms with E-state index in [4.69, 9.17) is 0 Å². The Morgan fingerprint density at radius 2 is 2.35 bits per heavy atom. The first-order chi connectivity index (χ1) is 8.19. The minimum atomic E-state index is 0.0512. The summed E-state index contributed by atoms with van der Waals surface area (Å²) in [7, 11) is 0. The molecule has 17 heavy (non-hydrogen) atoms. The summed E-state index contributed by atoms with van der Waals surface area (Å²) in [5, 5.41) is 2.85. The second kappa shape index (κ2) is 5.44. The standard InChI is InChI=1S/C11H15BrN4O/c1-2-9-14-8(12)6-10(15-9)16-5-3-4-13-11(17)7-16/h6H,2-5,7H2,1H3,(H,13,17). The van der Waals surface area contributed by atoms with Crippen molar-refractivity contribution in [2.24, 2.45) is 0 Å². The van der Waals surface area contributed by atoms with E-state index in [2.05, 4.69) is 31.2 Å². The lowest BCUT2D eigenvalue weighted by Crippen LogP contribution is -2.33. The minimum Gasteiger partial charge on any atom is -0.354 e. The van der Waals surface area contributed by atoms with Gasteiger partial charge in [-0.3, -0.25) is 4.79 Å². The Bertz CT molecular complexity index is 424. The highest BCUT2D eigenvalue weighted by atomic mass is 79.9. The predicted molar refractivity (Wildman–Crippen MR) is 68.9 cm³/mol. The van der Waals surface area contributed by atoms with Gasteiger partial charge in [-0.2, -0.15) is 0 Å². The molecule has 1 aromatic heterocycles. The molecule has 0 bridgehead atoms. The summed E-state index contributed by atoms with van der Waals surface area (Å²) < 4.78 is 0.768. The topological polar surface area (TPSA) is 58.1 Å². The summed E-state index contributed by atoms with van der Waals surface area (Å²) in [6, 6.07) is 1.86. The molecule has 1 amide bonds. The first-order valence-corrected chi connectivity index (χ1v) is 6.53. The molecule has 0 spiro atoms. The largest absolute Gasteiger partial charge is 0.354 e.